The second-order valence-corrected chi connectivity index (χ2v) is 9.31. The van der Waals surface area contributed by atoms with Gasteiger partial charge in [0.05, 0.1) is 0 Å². The largest absolute Gasteiger partial charge is 0.254 e. The lowest BCUT2D eigenvalue weighted by Gasteiger charge is -2.06. The third-order valence-electron chi connectivity index (χ3n) is 5.71. The van der Waals surface area contributed by atoms with Crippen molar-refractivity contribution in [3.63, 3.8) is 0 Å². The molecule has 166 valence electrons. The number of rotatable bonds is 7. The van der Waals surface area contributed by atoms with Gasteiger partial charge in [0.25, 0.3) is 6.33 Å². The average molecular weight is 434 g/mol. The van der Waals surface area contributed by atoms with E-state index in [1.165, 1.54) is 22.3 Å². The molecule has 0 aliphatic heterocycles. The van der Waals surface area contributed by atoms with Gasteiger partial charge in [-0.1, -0.05) is 74.5 Å². The van der Waals surface area contributed by atoms with Crippen LogP contribution >= 0.6 is 0 Å². The third-order valence-corrected chi connectivity index (χ3v) is 5.71. The zero-order valence-electron chi connectivity index (χ0n) is 20.1. The summed E-state index contributed by atoms with van der Waals surface area (Å²) in [5.74, 6) is 0.651. The Hall–Kier alpha value is -3.65. The summed E-state index contributed by atoms with van der Waals surface area (Å²) in [6, 6.07) is 26.2. The Kier molecular flexibility index (Phi) is 6.74. The number of allylic oxidation sites excluding steroid dienone is 1. The van der Waals surface area contributed by atoms with Gasteiger partial charge in [-0.05, 0) is 79.3 Å². The van der Waals surface area contributed by atoms with Crippen molar-refractivity contribution in [2.45, 2.75) is 34.1 Å². The number of aromatic nitrogens is 2. The SMILES string of the molecule is C=Cc1ccc(-c2c[n+](-c3ccc(C=C(C)C)cc3)cn2-c2ccc(CC(C)C)cc2)cc1. The Morgan fingerprint density at radius 1 is 0.879 bits per heavy atom. The standard InChI is InChI=1S/C31H33N2/c1-6-25-7-13-28(14-8-25)31-21-32(29-15-9-26(10-16-29)19-23(2)3)22-33(31)30-17-11-27(12-18-30)20-24(4)5/h6-19,21-22,24H,1,20H2,2-5H3/q+1. The first-order valence-electron chi connectivity index (χ1n) is 11.6. The molecule has 0 bridgehead atoms. The zero-order valence-corrected chi connectivity index (χ0v) is 20.1. The van der Waals surface area contributed by atoms with Crippen LogP contribution in [0.15, 0.2) is 97.5 Å². The van der Waals surface area contributed by atoms with Gasteiger partial charge in [0.1, 0.15) is 17.6 Å². The summed E-state index contributed by atoms with van der Waals surface area (Å²) in [5, 5.41) is 0. The van der Waals surface area contributed by atoms with E-state index in [0.29, 0.717) is 5.92 Å². The normalized spacial score (nSPS) is 10.9. The van der Waals surface area contributed by atoms with Gasteiger partial charge in [-0.2, -0.15) is 4.57 Å². The summed E-state index contributed by atoms with van der Waals surface area (Å²) in [7, 11) is 0. The highest BCUT2D eigenvalue weighted by atomic mass is 15.1. The topological polar surface area (TPSA) is 8.81 Å². The number of imidazole rings is 1. The molecular weight excluding hydrogens is 400 g/mol. The molecule has 0 atom stereocenters. The Balaban J connectivity index is 1.77. The molecule has 0 aliphatic rings. The fourth-order valence-corrected chi connectivity index (χ4v) is 4.10. The quantitative estimate of drug-likeness (QED) is 0.264. The molecule has 33 heavy (non-hydrogen) atoms. The molecule has 1 heterocycles. The zero-order chi connectivity index (χ0) is 23.4. The molecule has 0 N–H and O–H groups in total. The van der Waals surface area contributed by atoms with E-state index in [1.54, 1.807) is 0 Å². The van der Waals surface area contributed by atoms with Crippen LogP contribution in [0.4, 0.5) is 0 Å². The lowest BCUT2D eigenvalue weighted by Crippen LogP contribution is -2.27. The van der Waals surface area contributed by atoms with Crippen molar-refractivity contribution in [1.29, 1.82) is 0 Å². The van der Waals surface area contributed by atoms with Gasteiger partial charge in [-0.3, -0.25) is 0 Å². The van der Waals surface area contributed by atoms with Gasteiger partial charge in [0.2, 0.25) is 0 Å². The van der Waals surface area contributed by atoms with Crippen LogP contribution in [-0.2, 0) is 6.42 Å². The number of hydrogen-bond acceptors (Lipinski definition) is 0. The van der Waals surface area contributed by atoms with Crippen LogP contribution in [0.25, 0.3) is 34.8 Å². The Labute approximate surface area is 198 Å². The van der Waals surface area contributed by atoms with Crippen LogP contribution in [0.5, 0.6) is 0 Å². The summed E-state index contributed by atoms with van der Waals surface area (Å²) in [4.78, 5) is 0. The van der Waals surface area contributed by atoms with Crippen molar-refractivity contribution in [2.24, 2.45) is 5.92 Å². The summed E-state index contributed by atoms with van der Waals surface area (Å²) >= 11 is 0. The first-order chi connectivity index (χ1) is 15.9. The summed E-state index contributed by atoms with van der Waals surface area (Å²) < 4.78 is 4.47. The smallest absolute Gasteiger partial charge is 0.201 e. The predicted octanol–water partition coefficient (Wildman–Crippen LogP) is 7.69. The maximum absolute atomic E-state index is 3.88. The molecule has 1 aromatic heterocycles. The molecule has 2 nitrogen and oxygen atoms in total. The molecule has 0 amide bonds. The van der Waals surface area contributed by atoms with E-state index in [-0.39, 0.29) is 0 Å². The Morgan fingerprint density at radius 2 is 1.52 bits per heavy atom. The second-order valence-electron chi connectivity index (χ2n) is 9.31. The number of hydrogen-bond donors (Lipinski definition) is 0. The van der Waals surface area contributed by atoms with Crippen molar-refractivity contribution in [2.75, 3.05) is 0 Å². The molecule has 0 saturated heterocycles. The minimum Gasteiger partial charge on any atom is -0.201 e. The fraction of sp³-hybridized carbons (Fsp3) is 0.194. The molecule has 4 aromatic rings. The molecule has 2 heteroatoms. The molecule has 3 aromatic carbocycles. The highest BCUT2D eigenvalue weighted by molar-refractivity contribution is 5.64. The van der Waals surface area contributed by atoms with Crippen LogP contribution in [0.1, 0.15) is 44.4 Å². The first-order valence-corrected chi connectivity index (χ1v) is 11.6. The minimum absolute atomic E-state index is 0.651. The molecule has 0 saturated carbocycles. The maximum atomic E-state index is 3.88. The van der Waals surface area contributed by atoms with Gasteiger partial charge < -0.3 is 0 Å². The van der Waals surface area contributed by atoms with Crippen molar-refractivity contribution >= 4 is 12.2 Å². The van der Waals surface area contributed by atoms with Crippen LogP contribution in [0, 0.1) is 5.92 Å². The minimum atomic E-state index is 0.651. The summed E-state index contributed by atoms with van der Waals surface area (Å²) in [6.07, 6.45) is 9.56. The third kappa shape index (κ3) is 5.40. The molecule has 0 unspecified atom stereocenters. The van der Waals surface area contributed by atoms with Crippen LogP contribution in [-0.4, -0.2) is 4.57 Å². The molecule has 0 spiro atoms. The average Bonchev–Trinajstić information content (AvgIpc) is 3.25. The monoisotopic (exact) mass is 433 g/mol. The second kappa shape index (κ2) is 9.87. The van der Waals surface area contributed by atoms with Crippen LogP contribution in [0.2, 0.25) is 0 Å². The first kappa shape index (κ1) is 22.5. The molecule has 0 aliphatic carbocycles. The van der Waals surface area contributed by atoms with E-state index < -0.39 is 0 Å². The highest BCUT2D eigenvalue weighted by Gasteiger charge is 2.19. The van der Waals surface area contributed by atoms with E-state index in [1.807, 2.05) is 6.08 Å². The van der Waals surface area contributed by atoms with Crippen LogP contribution in [0.3, 0.4) is 0 Å². The lowest BCUT2D eigenvalue weighted by atomic mass is 10.0. The molecule has 0 radical (unpaired) electrons. The summed E-state index contributed by atoms with van der Waals surface area (Å²) in [6.45, 7) is 12.7. The van der Waals surface area contributed by atoms with E-state index in [4.69, 9.17) is 0 Å². The van der Waals surface area contributed by atoms with Gasteiger partial charge in [0, 0.05) is 5.56 Å². The van der Waals surface area contributed by atoms with Crippen molar-refractivity contribution in [3.8, 4) is 22.6 Å². The van der Waals surface area contributed by atoms with Gasteiger partial charge in [0.15, 0.2) is 5.69 Å². The van der Waals surface area contributed by atoms with Gasteiger partial charge in [-0.25, -0.2) is 4.57 Å². The maximum Gasteiger partial charge on any atom is 0.254 e. The van der Waals surface area contributed by atoms with Crippen molar-refractivity contribution < 1.29 is 4.57 Å². The van der Waals surface area contributed by atoms with Crippen molar-refractivity contribution in [1.82, 2.24) is 4.57 Å². The molecular formula is C31H33N2+. The number of benzene rings is 3. The van der Waals surface area contributed by atoms with E-state index in [0.717, 1.165) is 29.1 Å². The van der Waals surface area contributed by atoms with Gasteiger partial charge in [-0.15, -0.1) is 0 Å². The molecule has 0 fully saturated rings. The van der Waals surface area contributed by atoms with Gasteiger partial charge >= 0.3 is 0 Å². The van der Waals surface area contributed by atoms with Crippen LogP contribution < -0.4 is 4.57 Å². The fourth-order valence-electron chi connectivity index (χ4n) is 4.10. The number of nitrogens with zero attached hydrogens (tertiary/aromatic N) is 2. The van der Waals surface area contributed by atoms with E-state index in [9.17, 15) is 0 Å². The lowest BCUT2D eigenvalue weighted by molar-refractivity contribution is -0.594. The molecule has 4 rings (SSSR count). The van der Waals surface area contributed by atoms with E-state index in [2.05, 4.69) is 135 Å². The Morgan fingerprint density at radius 3 is 2.09 bits per heavy atom. The van der Waals surface area contributed by atoms with Crippen molar-refractivity contribution in [3.05, 3.63) is 114 Å². The highest BCUT2D eigenvalue weighted by Crippen LogP contribution is 2.24. The van der Waals surface area contributed by atoms with E-state index >= 15 is 0 Å². The summed E-state index contributed by atoms with van der Waals surface area (Å²) in [5.41, 5.74) is 9.64. The predicted molar refractivity (Wildman–Crippen MR) is 141 cm³/mol. The Bertz CT molecular complexity index is 1250.